The number of nitrogens with zero attached hydrogens (tertiary/aromatic N) is 2. The summed E-state index contributed by atoms with van der Waals surface area (Å²) < 4.78 is 5.34. The molecular formula is C14H25N3O. The zero-order chi connectivity index (χ0) is 12.8. The first kappa shape index (κ1) is 13.5. The van der Waals surface area contributed by atoms with Crippen molar-refractivity contribution in [1.29, 1.82) is 0 Å². The van der Waals surface area contributed by atoms with Crippen molar-refractivity contribution in [1.82, 2.24) is 10.1 Å². The predicted molar refractivity (Wildman–Crippen MR) is 71.3 cm³/mol. The number of hydrogen-bond acceptors (Lipinski definition) is 4. The molecule has 1 saturated carbocycles. The second-order valence-electron chi connectivity index (χ2n) is 5.44. The Morgan fingerprint density at radius 3 is 2.78 bits per heavy atom. The summed E-state index contributed by atoms with van der Waals surface area (Å²) in [6, 6.07) is 0. The number of rotatable bonds is 8. The van der Waals surface area contributed by atoms with Crippen molar-refractivity contribution < 1.29 is 4.52 Å². The van der Waals surface area contributed by atoms with E-state index in [-0.39, 0.29) is 0 Å². The molecule has 4 heteroatoms. The van der Waals surface area contributed by atoms with Gasteiger partial charge in [-0.25, -0.2) is 0 Å². The van der Waals surface area contributed by atoms with Crippen LogP contribution in [0, 0.1) is 5.92 Å². The lowest BCUT2D eigenvalue weighted by atomic mass is 9.85. The summed E-state index contributed by atoms with van der Waals surface area (Å²) in [6.07, 6.45) is 9.38. The van der Waals surface area contributed by atoms with Gasteiger partial charge in [-0.15, -0.1) is 0 Å². The van der Waals surface area contributed by atoms with Gasteiger partial charge in [0.2, 0.25) is 5.89 Å². The lowest BCUT2D eigenvalue weighted by Gasteiger charge is -2.20. The highest BCUT2D eigenvalue weighted by molar-refractivity contribution is 4.99. The molecule has 1 fully saturated rings. The van der Waals surface area contributed by atoms with Crippen molar-refractivity contribution in [3.05, 3.63) is 11.7 Å². The molecule has 0 bridgehead atoms. The molecule has 0 spiro atoms. The highest BCUT2D eigenvalue weighted by Crippen LogP contribution is 2.34. The Hall–Kier alpha value is -0.900. The average molecular weight is 251 g/mol. The Labute approximate surface area is 109 Å². The maximum Gasteiger partial charge on any atom is 0.226 e. The van der Waals surface area contributed by atoms with Crippen LogP contribution in [0.4, 0.5) is 0 Å². The lowest BCUT2D eigenvalue weighted by Crippen LogP contribution is -2.11. The van der Waals surface area contributed by atoms with E-state index in [4.69, 9.17) is 10.3 Å². The standard InChI is InChI=1S/C14H25N3O/c1-2-4-11(9-10-15)7-8-13-16-14(17-18-13)12-5-3-6-12/h11-12H,2-10,15H2,1H3. The third-order valence-corrected chi connectivity index (χ3v) is 3.99. The van der Waals surface area contributed by atoms with E-state index in [1.807, 2.05) is 0 Å². The van der Waals surface area contributed by atoms with Crippen molar-refractivity contribution >= 4 is 0 Å². The number of aryl methyl sites for hydroxylation is 1. The normalized spacial score (nSPS) is 17.7. The molecule has 0 amide bonds. The van der Waals surface area contributed by atoms with Crippen molar-refractivity contribution in [3.8, 4) is 0 Å². The smallest absolute Gasteiger partial charge is 0.226 e. The fraction of sp³-hybridized carbons (Fsp3) is 0.857. The SMILES string of the molecule is CCCC(CCN)CCc1nc(C2CCC2)no1. The van der Waals surface area contributed by atoms with Crippen LogP contribution in [0.3, 0.4) is 0 Å². The Kier molecular flexibility index (Phi) is 5.17. The molecule has 1 aliphatic rings. The van der Waals surface area contributed by atoms with Crippen LogP contribution in [0.15, 0.2) is 4.52 Å². The van der Waals surface area contributed by atoms with Crippen molar-refractivity contribution in [2.45, 2.75) is 64.2 Å². The Morgan fingerprint density at radius 2 is 2.17 bits per heavy atom. The zero-order valence-corrected chi connectivity index (χ0v) is 11.4. The molecule has 102 valence electrons. The summed E-state index contributed by atoms with van der Waals surface area (Å²) in [5.74, 6) is 3.02. The Morgan fingerprint density at radius 1 is 1.33 bits per heavy atom. The Bertz CT molecular complexity index is 341. The molecule has 1 aromatic heterocycles. The zero-order valence-electron chi connectivity index (χ0n) is 11.4. The molecule has 2 N–H and O–H groups in total. The second kappa shape index (κ2) is 6.88. The molecule has 1 atom stereocenters. The van der Waals surface area contributed by atoms with Gasteiger partial charge in [-0.1, -0.05) is 31.3 Å². The van der Waals surface area contributed by atoms with E-state index in [0.717, 1.165) is 37.5 Å². The molecular weight excluding hydrogens is 226 g/mol. The summed E-state index contributed by atoms with van der Waals surface area (Å²) in [5, 5.41) is 4.10. The first-order chi connectivity index (χ1) is 8.83. The first-order valence-electron chi connectivity index (χ1n) is 7.36. The molecule has 1 aromatic rings. The maximum absolute atomic E-state index is 5.65. The van der Waals surface area contributed by atoms with Gasteiger partial charge in [-0.3, -0.25) is 0 Å². The van der Waals surface area contributed by atoms with Gasteiger partial charge in [0.25, 0.3) is 0 Å². The van der Waals surface area contributed by atoms with E-state index < -0.39 is 0 Å². The molecule has 2 rings (SSSR count). The fourth-order valence-corrected chi connectivity index (χ4v) is 2.61. The largest absolute Gasteiger partial charge is 0.339 e. The maximum atomic E-state index is 5.65. The third-order valence-electron chi connectivity index (χ3n) is 3.99. The quantitative estimate of drug-likeness (QED) is 0.771. The number of nitrogens with two attached hydrogens (primary N) is 1. The minimum atomic E-state index is 0.568. The van der Waals surface area contributed by atoms with Gasteiger partial charge in [-0.2, -0.15) is 4.98 Å². The minimum absolute atomic E-state index is 0.568. The van der Waals surface area contributed by atoms with E-state index in [1.165, 1.54) is 32.1 Å². The van der Waals surface area contributed by atoms with Gasteiger partial charge in [-0.05, 0) is 38.1 Å². The number of aromatic nitrogens is 2. The summed E-state index contributed by atoms with van der Waals surface area (Å²) >= 11 is 0. The van der Waals surface area contributed by atoms with Gasteiger partial charge in [0.05, 0.1) is 0 Å². The molecule has 0 radical (unpaired) electrons. The minimum Gasteiger partial charge on any atom is -0.339 e. The molecule has 1 aliphatic carbocycles. The molecule has 0 aromatic carbocycles. The Balaban J connectivity index is 1.79. The third kappa shape index (κ3) is 3.55. The molecule has 1 heterocycles. The second-order valence-corrected chi connectivity index (χ2v) is 5.44. The summed E-state index contributed by atoms with van der Waals surface area (Å²) in [6.45, 7) is 3.01. The van der Waals surface area contributed by atoms with Crippen LogP contribution in [0.5, 0.6) is 0 Å². The molecule has 18 heavy (non-hydrogen) atoms. The molecule has 0 saturated heterocycles. The predicted octanol–water partition coefficient (Wildman–Crippen LogP) is 3.03. The van der Waals surface area contributed by atoms with Crippen LogP contribution in [0.2, 0.25) is 0 Å². The lowest BCUT2D eigenvalue weighted by molar-refractivity contribution is 0.334. The number of hydrogen-bond donors (Lipinski definition) is 1. The van der Waals surface area contributed by atoms with Crippen LogP contribution in [0.25, 0.3) is 0 Å². The monoisotopic (exact) mass is 251 g/mol. The van der Waals surface area contributed by atoms with Crippen molar-refractivity contribution in [2.75, 3.05) is 6.54 Å². The first-order valence-corrected chi connectivity index (χ1v) is 7.36. The van der Waals surface area contributed by atoms with E-state index in [2.05, 4.69) is 17.1 Å². The van der Waals surface area contributed by atoms with Gasteiger partial charge >= 0.3 is 0 Å². The molecule has 0 aliphatic heterocycles. The summed E-state index contributed by atoms with van der Waals surface area (Å²) in [7, 11) is 0. The highest BCUT2D eigenvalue weighted by atomic mass is 16.5. The van der Waals surface area contributed by atoms with Crippen molar-refractivity contribution in [2.24, 2.45) is 11.7 Å². The van der Waals surface area contributed by atoms with Crippen LogP contribution in [-0.2, 0) is 6.42 Å². The topological polar surface area (TPSA) is 64.9 Å². The van der Waals surface area contributed by atoms with E-state index >= 15 is 0 Å². The van der Waals surface area contributed by atoms with Gasteiger partial charge in [0.1, 0.15) is 0 Å². The van der Waals surface area contributed by atoms with E-state index in [9.17, 15) is 0 Å². The van der Waals surface area contributed by atoms with E-state index in [1.54, 1.807) is 0 Å². The van der Waals surface area contributed by atoms with Gasteiger partial charge < -0.3 is 10.3 Å². The van der Waals surface area contributed by atoms with Crippen LogP contribution in [-0.4, -0.2) is 16.7 Å². The van der Waals surface area contributed by atoms with Crippen LogP contribution in [0.1, 0.15) is 69.5 Å². The van der Waals surface area contributed by atoms with Gasteiger partial charge in [0, 0.05) is 12.3 Å². The fourth-order valence-electron chi connectivity index (χ4n) is 2.61. The van der Waals surface area contributed by atoms with Gasteiger partial charge in [0.15, 0.2) is 5.82 Å². The van der Waals surface area contributed by atoms with E-state index in [0.29, 0.717) is 11.8 Å². The average Bonchev–Trinajstić information content (AvgIpc) is 2.73. The summed E-state index contributed by atoms with van der Waals surface area (Å²) in [5.41, 5.74) is 5.65. The highest BCUT2D eigenvalue weighted by Gasteiger charge is 2.24. The van der Waals surface area contributed by atoms with Crippen molar-refractivity contribution in [3.63, 3.8) is 0 Å². The van der Waals surface area contributed by atoms with Crippen LogP contribution >= 0.6 is 0 Å². The molecule has 4 nitrogen and oxygen atoms in total. The van der Waals surface area contributed by atoms with Crippen LogP contribution < -0.4 is 5.73 Å². The molecule has 1 unspecified atom stereocenters. The summed E-state index contributed by atoms with van der Waals surface area (Å²) in [4.78, 5) is 4.52.